The van der Waals surface area contributed by atoms with E-state index in [1.165, 1.54) is 31.4 Å². The van der Waals surface area contributed by atoms with Crippen molar-refractivity contribution < 1.29 is 18.7 Å². The lowest BCUT2D eigenvalue weighted by Gasteiger charge is -2.11. The van der Waals surface area contributed by atoms with Gasteiger partial charge in [-0.1, -0.05) is 26.0 Å². The maximum Gasteiger partial charge on any atom is 0.323 e. The summed E-state index contributed by atoms with van der Waals surface area (Å²) in [7, 11) is 1.50. The van der Waals surface area contributed by atoms with Crippen LogP contribution in [-0.2, 0) is 0 Å². The second kappa shape index (κ2) is 11.5. The van der Waals surface area contributed by atoms with Crippen molar-refractivity contribution in [3.63, 3.8) is 0 Å². The highest BCUT2D eigenvalue weighted by molar-refractivity contribution is 7.16. The number of benzene rings is 2. The fourth-order valence-electron chi connectivity index (χ4n) is 4.02. The molecule has 3 amide bonds. The predicted octanol–water partition coefficient (Wildman–Crippen LogP) is 7.42. The Kier molecular flexibility index (Phi) is 7.70. The number of carbonyl (C=O) groups is 2. The molecular weight excluding hydrogens is 529 g/mol. The molecule has 10 heteroatoms. The number of anilines is 2. The normalized spacial score (nSPS) is 10.9. The fraction of sp³-hybridized carbons (Fsp3) is 0.133. The van der Waals surface area contributed by atoms with Gasteiger partial charge in [0.1, 0.15) is 23.0 Å². The van der Waals surface area contributed by atoms with Gasteiger partial charge in [0.05, 0.1) is 21.8 Å². The number of hydrogen-bond donors (Lipinski definition) is 3. The standard InChI is InChI=1S/C30H26FN5O3S/c1-17(2)27-16-25(28(40-27)19-6-8-23-18(13-19)5-4-11-33-23)36-30(38)35-24-9-7-20(14-22(24)31)39-21-10-12-34-26(15-21)29(37)32-3/h4-17H,1-3H3,(H,32,37)(H2,35,36,38). The van der Waals surface area contributed by atoms with E-state index < -0.39 is 11.8 Å². The van der Waals surface area contributed by atoms with E-state index in [1.54, 1.807) is 23.6 Å². The van der Waals surface area contributed by atoms with Gasteiger partial charge in [-0.05, 0) is 53.9 Å². The van der Waals surface area contributed by atoms with Crippen molar-refractivity contribution in [2.24, 2.45) is 0 Å². The number of carbonyl (C=O) groups excluding carboxylic acids is 2. The number of thiophene rings is 1. The van der Waals surface area contributed by atoms with Crippen LogP contribution in [0.5, 0.6) is 11.5 Å². The minimum absolute atomic E-state index is 0.0109. The van der Waals surface area contributed by atoms with Crippen LogP contribution in [0, 0.1) is 5.82 Å². The first-order chi connectivity index (χ1) is 19.3. The van der Waals surface area contributed by atoms with Gasteiger partial charge in [0.25, 0.3) is 5.91 Å². The van der Waals surface area contributed by atoms with Crippen molar-refractivity contribution in [1.82, 2.24) is 15.3 Å². The average Bonchev–Trinajstić information content (AvgIpc) is 3.38. The van der Waals surface area contributed by atoms with Gasteiger partial charge < -0.3 is 20.7 Å². The van der Waals surface area contributed by atoms with E-state index in [9.17, 15) is 14.0 Å². The zero-order valence-electron chi connectivity index (χ0n) is 22.0. The zero-order valence-corrected chi connectivity index (χ0v) is 22.8. The molecule has 40 heavy (non-hydrogen) atoms. The topological polar surface area (TPSA) is 105 Å². The first kappa shape index (κ1) is 26.8. The molecule has 0 bridgehead atoms. The number of nitrogens with one attached hydrogen (secondary N) is 3. The van der Waals surface area contributed by atoms with Crippen LogP contribution in [0.1, 0.15) is 35.1 Å². The number of amides is 3. The fourth-order valence-corrected chi connectivity index (χ4v) is 5.13. The molecule has 3 heterocycles. The summed E-state index contributed by atoms with van der Waals surface area (Å²) >= 11 is 1.60. The monoisotopic (exact) mass is 555 g/mol. The third kappa shape index (κ3) is 5.92. The molecular formula is C30H26FN5O3S. The molecule has 0 aliphatic rings. The molecule has 0 fully saturated rings. The summed E-state index contributed by atoms with van der Waals surface area (Å²) in [6.07, 6.45) is 3.18. The average molecular weight is 556 g/mol. The Morgan fingerprint density at radius 2 is 1.70 bits per heavy atom. The molecule has 0 radical (unpaired) electrons. The van der Waals surface area contributed by atoms with Crippen LogP contribution < -0.4 is 20.7 Å². The molecule has 0 aliphatic carbocycles. The molecule has 5 rings (SSSR count). The van der Waals surface area contributed by atoms with Gasteiger partial charge in [0.15, 0.2) is 0 Å². The molecule has 0 saturated heterocycles. The summed E-state index contributed by atoms with van der Waals surface area (Å²) in [5.41, 5.74) is 2.64. The Hall–Kier alpha value is -4.83. The highest BCUT2D eigenvalue weighted by Crippen LogP contribution is 2.40. The van der Waals surface area contributed by atoms with Crippen molar-refractivity contribution in [2.75, 3.05) is 17.7 Å². The van der Waals surface area contributed by atoms with Crippen LogP contribution in [0.3, 0.4) is 0 Å². The third-order valence-electron chi connectivity index (χ3n) is 6.05. The maximum atomic E-state index is 14.9. The number of ether oxygens (including phenoxy) is 1. The molecule has 3 N–H and O–H groups in total. The van der Waals surface area contributed by atoms with E-state index in [-0.39, 0.29) is 29.0 Å². The highest BCUT2D eigenvalue weighted by atomic mass is 32.1. The molecule has 5 aromatic rings. The van der Waals surface area contributed by atoms with Crippen molar-refractivity contribution in [2.45, 2.75) is 19.8 Å². The first-order valence-corrected chi connectivity index (χ1v) is 13.3. The summed E-state index contributed by atoms with van der Waals surface area (Å²) in [5.74, 6) is -0.257. The van der Waals surface area contributed by atoms with E-state index in [1.807, 2.05) is 36.4 Å². The van der Waals surface area contributed by atoms with E-state index in [0.29, 0.717) is 11.4 Å². The van der Waals surface area contributed by atoms with Crippen molar-refractivity contribution in [3.05, 3.63) is 95.5 Å². The molecule has 0 saturated carbocycles. The van der Waals surface area contributed by atoms with Crippen LogP contribution >= 0.6 is 11.3 Å². The van der Waals surface area contributed by atoms with Gasteiger partial charge >= 0.3 is 6.03 Å². The minimum Gasteiger partial charge on any atom is -0.457 e. The molecule has 0 aliphatic heterocycles. The number of halogens is 1. The SMILES string of the molecule is CNC(=O)c1cc(Oc2ccc(NC(=O)Nc3cc(C(C)C)sc3-c3ccc4ncccc4c3)c(F)c2)ccn1. The van der Waals surface area contributed by atoms with Gasteiger partial charge in [-0.3, -0.25) is 14.8 Å². The van der Waals surface area contributed by atoms with Crippen LogP contribution in [0.15, 0.2) is 79.1 Å². The largest absolute Gasteiger partial charge is 0.457 e. The van der Waals surface area contributed by atoms with Crippen molar-refractivity contribution >= 4 is 45.6 Å². The molecule has 8 nitrogen and oxygen atoms in total. The Morgan fingerprint density at radius 3 is 2.48 bits per heavy atom. The van der Waals surface area contributed by atoms with Crippen molar-refractivity contribution in [3.8, 4) is 21.9 Å². The molecule has 202 valence electrons. The second-order valence-electron chi connectivity index (χ2n) is 9.24. The Balaban J connectivity index is 1.33. The van der Waals surface area contributed by atoms with Crippen LogP contribution in [0.2, 0.25) is 0 Å². The summed E-state index contributed by atoms with van der Waals surface area (Å²) in [5, 5.41) is 8.95. The number of fused-ring (bicyclic) bond motifs is 1. The van der Waals surface area contributed by atoms with Crippen LogP contribution in [0.4, 0.5) is 20.6 Å². The van der Waals surface area contributed by atoms with Gasteiger partial charge in [-0.15, -0.1) is 11.3 Å². The lowest BCUT2D eigenvalue weighted by Crippen LogP contribution is -2.20. The molecule has 3 aromatic heterocycles. The van der Waals surface area contributed by atoms with Gasteiger partial charge in [0, 0.05) is 41.8 Å². The van der Waals surface area contributed by atoms with E-state index in [4.69, 9.17) is 4.74 Å². The number of pyridine rings is 2. The number of urea groups is 1. The lowest BCUT2D eigenvalue weighted by atomic mass is 10.1. The first-order valence-electron chi connectivity index (χ1n) is 12.5. The Labute approximate surface area is 234 Å². The summed E-state index contributed by atoms with van der Waals surface area (Å²) in [4.78, 5) is 35.1. The van der Waals surface area contributed by atoms with E-state index in [2.05, 4.69) is 39.8 Å². The lowest BCUT2D eigenvalue weighted by molar-refractivity contribution is 0.0957. The highest BCUT2D eigenvalue weighted by Gasteiger charge is 2.17. The quantitative estimate of drug-likeness (QED) is 0.194. The van der Waals surface area contributed by atoms with E-state index in [0.717, 1.165) is 32.3 Å². The predicted molar refractivity (Wildman–Crippen MR) is 156 cm³/mol. The molecule has 0 atom stereocenters. The van der Waals surface area contributed by atoms with Gasteiger partial charge in [-0.25, -0.2) is 9.18 Å². The van der Waals surface area contributed by atoms with Gasteiger partial charge in [-0.2, -0.15) is 0 Å². The molecule has 2 aromatic carbocycles. The number of nitrogens with zero attached hydrogens (tertiary/aromatic N) is 2. The number of hydrogen-bond acceptors (Lipinski definition) is 6. The number of aromatic nitrogens is 2. The summed E-state index contributed by atoms with van der Waals surface area (Å²) < 4.78 is 20.6. The van der Waals surface area contributed by atoms with Crippen LogP contribution in [0.25, 0.3) is 21.3 Å². The van der Waals surface area contributed by atoms with Gasteiger partial charge in [0.2, 0.25) is 0 Å². The van der Waals surface area contributed by atoms with Crippen molar-refractivity contribution in [1.29, 1.82) is 0 Å². The van der Waals surface area contributed by atoms with E-state index >= 15 is 0 Å². The zero-order chi connectivity index (χ0) is 28.2. The van der Waals surface area contributed by atoms with Crippen LogP contribution in [-0.4, -0.2) is 29.0 Å². The summed E-state index contributed by atoms with van der Waals surface area (Å²) in [6, 6.07) is 18.3. The maximum absolute atomic E-state index is 14.9. The second-order valence-corrected chi connectivity index (χ2v) is 10.3. The minimum atomic E-state index is -0.677. The Morgan fingerprint density at radius 1 is 0.900 bits per heavy atom. The summed E-state index contributed by atoms with van der Waals surface area (Å²) in [6.45, 7) is 4.18. The smallest absolute Gasteiger partial charge is 0.323 e. The molecule has 0 unspecified atom stereocenters. The Bertz CT molecular complexity index is 1720. The third-order valence-corrected chi connectivity index (χ3v) is 7.53. The molecule has 0 spiro atoms. The number of rotatable bonds is 7.